The molecule has 0 saturated heterocycles. The van der Waals surface area contributed by atoms with Gasteiger partial charge in [0.1, 0.15) is 0 Å². The molecule has 0 bridgehead atoms. The molecule has 0 heterocycles. The second-order valence-electron chi connectivity index (χ2n) is 3.53. The second-order valence-corrected chi connectivity index (χ2v) is 3.53. The first kappa shape index (κ1) is 11.8. The van der Waals surface area contributed by atoms with E-state index in [0.717, 1.165) is 19.6 Å². The van der Waals surface area contributed by atoms with Gasteiger partial charge < -0.3 is 10.6 Å². The summed E-state index contributed by atoms with van der Waals surface area (Å²) in [6.07, 6.45) is 0.632. The first-order valence-corrected chi connectivity index (χ1v) is 4.69. The zero-order chi connectivity index (χ0) is 9.40. The zero-order valence-electron chi connectivity index (χ0n) is 8.22. The Morgan fingerprint density at radius 2 is 2.00 bits per heavy atom. The number of nitrogens with zero attached hydrogens (tertiary/aromatic N) is 1. The molecule has 12 heavy (non-hydrogen) atoms. The van der Waals surface area contributed by atoms with E-state index >= 15 is 0 Å². The molecule has 0 rings (SSSR count). The van der Waals surface area contributed by atoms with E-state index in [2.05, 4.69) is 18.7 Å². The molecule has 74 valence electrons. The SMILES string of the molecule is CC(C)CN(CCN)CCCF. The van der Waals surface area contributed by atoms with Crippen molar-refractivity contribution in [1.29, 1.82) is 0 Å². The summed E-state index contributed by atoms with van der Waals surface area (Å²) in [4.78, 5) is 2.23. The average Bonchev–Trinajstić information content (AvgIpc) is 2.00. The highest BCUT2D eigenvalue weighted by molar-refractivity contribution is 4.60. The Bertz CT molecular complexity index is 96.5. The van der Waals surface area contributed by atoms with Gasteiger partial charge in [-0.1, -0.05) is 13.8 Å². The van der Waals surface area contributed by atoms with Gasteiger partial charge in [0.05, 0.1) is 6.67 Å². The van der Waals surface area contributed by atoms with Crippen LogP contribution in [0.4, 0.5) is 4.39 Å². The molecular formula is C9H21FN2. The molecular weight excluding hydrogens is 155 g/mol. The Morgan fingerprint density at radius 1 is 1.33 bits per heavy atom. The molecule has 0 fully saturated rings. The largest absolute Gasteiger partial charge is 0.329 e. The summed E-state index contributed by atoms with van der Waals surface area (Å²) >= 11 is 0. The van der Waals surface area contributed by atoms with Crippen LogP contribution >= 0.6 is 0 Å². The first-order valence-electron chi connectivity index (χ1n) is 4.69. The minimum absolute atomic E-state index is 0.223. The molecule has 2 nitrogen and oxygen atoms in total. The van der Waals surface area contributed by atoms with Crippen LogP contribution in [0.25, 0.3) is 0 Å². The van der Waals surface area contributed by atoms with E-state index in [1.165, 1.54) is 0 Å². The van der Waals surface area contributed by atoms with Crippen LogP contribution in [0.2, 0.25) is 0 Å². The summed E-state index contributed by atoms with van der Waals surface area (Å²) < 4.78 is 11.9. The van der Waals surface area contributed by atoms with Crippen molar-refractivity contribution in [2.24, 2.45) is 11.7 Å². The monoisotopic (exact) mass is 176 g/mol. The molecule has 0 aromatic rings. The summed E-state index contributed by atoms with van der Waals surface area (Å²) in [6, 6.07) is 0. The second kappa shape index (κ2) is 7.50. The van der Waals surface area contributed by atoms with Gasteiger partial charge in [-0.3, -0.25) is 4.39 Å². The fourth-order valence-corrected chi connectivity index (χ4v) is 1.28. The van der Waals surface area contributed by atoms with E-state index in [1.807, 2.05) is 0 Å². The highest BCUT2D eigenvalue weighted by Gasteiger charge is 2.05. The van der Waals surface area contributed by atoms with Crippen molar-refractivity contribution in [3.8, 4) is 0 Å². The highest BCUT2D eigenvalue weighted by atomic mass is 19.1. The Kier molecular flexibility index (Phi) is 7.40. The van der Waals surface area contributed by atoms with Gasteiger partial charge in [-0.2, -0.15) is 0 Å². The minimum Gasteiger partial charge on any atom is -0.329 e. The molecule has 0 radical (unpaired) electrons. The van der Waals surface area contributed by atoms with E-state index < -0.39 is 0 Å². The van der Waals surface area contributed by atoms with Gasteiger partial charge in [-0.15, -0.1) is 0 Å². The van der Waals surface area contributed by atoms with Crippen LogP contribution in [0.1, 0.15) is 20.3 Å². The van der Waals surface area contributed by atoms with Gasteiger partial charge in [0, 0.05) is 26.2 Å². The zero-order valence-corrected chi connectivity index (χ0v) is 8.22. The standard InChI is InChI=1S/C9H21FN2/c1-9(2)8-12(7-5-11)6-3-4-10/h9H,3-8,11H2,1-2H3. The quantitative estimate of drug-likeness (QED) is 0.633. The van der Waals surface area contributed by atoms with Gasteiger partial charge in [-0.25, -0.2) is 0 Å². The summed E-state index contributed by atoms with van der Waals surface area (Å²) in [5.74, 6) is 0.635. The molecule has 0 unspecified atom stereocenters. The molecule has 0 atom stereocenters. The summed E-state index contributed by atoms with van der Waals surface area (Å²) in [5.41, 5.74) is 5.44. The van der Waals surface area contributed by atoms with Crippen LogP contribution in [0.3, 0.4) is 0 Å². The van der Waals surface area contributed by atoms with Gasteiger partial charge in [0.15, 0.2) is 0 Å². The van der Waals surface area contributed by atoms with E-state index in [-0.39, 0.29) is 6.67 Å². The highest BCUT2D eigenvalue weighted by Crippen LogP contribution is 1.99. The normalized spacial score (nSPS) is 11.5. The fraction of sp³-hybridized carbons (Fsp3) is 1.00. The third kappa shape index (κ3) is 6.55. The summed E-state index contributed by atoms with van der Waals surface area (Å²) in [6.45, 7) is 7.53. The lowest BCUT2D eigenvalue weighted by atomic mass is 10.2. The number of hydrogen-bond acceptors (Lipinski definition) is 2. The van der Waals surface area contributed by atoms with Crippen molar-refractivity contribution in [2.75, 3.05) is 32.9 Å². The van der Waals surface area contributed by atoms with Crippen molar-refractivity contribution < 1.29 is 4.39 Å². The molecule has 0 aromatic carbocycles. The Hall–Kier alpha value is -0.150. The molecule has 0 amide bonds. The third-order valence-electron chi connectivity index (χ3n) is 1.68. The van der Waals surface area contributed by atoms with Crippen LogP contribution in [0.15, 0.2) is 0 Å². The van der Waals surface area contributed by atoms with E-state index in [4.69, 9.17) is 5.73 Å². The molecule has 0 aliphatic heterocycles. The summed E-state index contributed by atoms with van der Waals surface area (Å²) in [5, 5.41) is 0. The van der Waals surface area contributed by atoms with Crippen molar-refractivity contribution in [2.45, 2.75) is 20.3 Å². The maximum absolute atomic E-state index is 11.9. The topological polar surface area (TPSA) is 29.3 Å². The molecule has 0 spiro atoms. The molecule has 2 N–H and O–H groups in total. The Balaban J connectivity index is 3.54. The van der Waals surface area contributed by atoms with Crippen LogP contribution in [-0.2, 0) is 0 Å². The average molecular weight is 176 g/mol. The van der Waals surface area contributed by atoms with Crippen LogP contribution in [0.5, 0.6) is 0 Å². The van der Waals surface area contributed by atoms with E-state index in [1.54, 1.807) is 0 Å². The number of hydrogen-bond donors (Lipinski definition) is 1. The van der Waals surface area contributed by atoms with E-state index in [0.29, 0.717) is 18.9 Å². The number of halogens is 1. The first-order chi connectivity index (χ1) is 5.70. The number of alkyl halides is 1. The predicted molar refractivity (Wildman–Crippen MR) is 50.9 cm³/mol. The van der Waals surface area contributed by atoms with Gasteiger partial charge in [-0.05, 0) is 12.3 Å². The number of nitrogens with two attached hydrogens (primary N) is 1. The molecule has 0 aliphatic rings. The van der Waals surface area contributed by atoms with Crippen LogP contribution in [-0.4, -0.2) is 37.8 Å². The Labute approximate surface area is 74.9 Å². The molecule has 0 aromatic heterocycles. The fourth-order valence-electron chi connectivity index (χ4n) is 1.28. The van der Waals surface area contributed by atoms with Crippen molar-refractivity contribution >= 4 is 0 Å². The molecule has 0 saturated carbocycles. The summed E-state index contributed by atoms with van der Waals surface area (Å²) in [7, 11) is 0. The molecule has 3 heteroatoms. The lowest BCUT2D eigenvalue weighted by Crippen LogP contribution is -2.33. The van der Waals surface area contributed by atoms with Crippen molar-refractivity contribution in [3.63, 3.8) is 0 Å². The number of rotatable bonds is 7. The Morgan fingerprint density at radius 3 is 2.42 bits per heavy atom. The van der Waals surface area contributed by atoms with Gasteiger partial charge in [0.2, 0.25) is 0 Å². The predicted octanol–water partition coefficient (Wildman–Crippen LogP) is 1.26. The maximum Gasteiger partial charge on any atom is 0.0906 e. The van der Waals surface area contributed by atoms with Crippen molar-refractivity contribution in [1.82, 2.24) is 4.90 Å². The smallest absolute Gasteiger partial charge is 0.0906 e. The van der Waals surface area contributed by atoms with E-state index in [9.17, 15) is 4.39 Å². The minimum atomic E-state index is -0.223. The lowest BCUT2D eigenvalue weighted by Gasteiger charge is -2.22. The van der Waals surface area contributed by atoms with Crippen LogP contribution < -0.4 is 5.73 Å². The molecule has 0 aliphatic carbocycles. The third-order valence-corrected chi connectivity index (χ3v) is 1.68. The maximum atomic E-state index is 11.9. The van der Waals surface area contributed by atoms with Gasteiger partial charge >= 0.3 is 0 Å². The lowest BCUT2D eigenvalue weighted by molar-refractivity contribution is 0.238. The van der Waals surface area contributed by atoms with Crippen molar-refractivity contribution in [3.05, 3.63) is 0 Å². The van der Waals surface area contributed by atoms with Gasteiger partial charge in [0.25, 0.3) is 0 Å². The van der Waals surface area contributed by atoms with Crippen LogP contribution in [0, 0.1) is 5.92 Å².